The monoisotopic (exact) mass is 442 g/mol. The zero-order valence-electron chi connectivity index (χ0n) is 18.0. The van der Waals surface area contributed by atoms with Crippen molar-refractivity contribution in [1.82, 2.24) is 14.8 Å². The molecule has 3 rings (SSSR count). The fraction of sp³-hybridized carbons (Fsp3) is 0.375. The maximum absolute atomic E-state index is 12.5. The molecule has 31 heavy (non-hydrogen) atoms. The van der Waals surface area contributed by atoms with Gasteiger partial charge in [-0.2, -0.15) is 0 Å². The lowest BCUT2D eigenvalue weighted by Crippen LogP contribution is -2.43. The standard InChI is InChI=1S/C24H31ClN4O2/c1-3-21(31-2)16-23-22(26)8-9-24(30)29(23)15-14-28-12-10-20(11-13-28)27-17-18-4-6-19(25)7-5-18/h3-9,16,20,27H,1,10-15,17,26H2,2H3/b21-16+. The Kier molecular flexibility index (Phi) is 8.35. The Morgan fingerprint density at radius 2 is 1.94 bits per heavy atom. The minimum atomic E-state index is -0.0699. The van der Waals surface area contributed by atoms with Crippen molar-refractivity contribution in [3.63, 3.8) is 0 Å². The van der Waals surface area contributed by atoms with Gasteiger partial charge in [-0.25, -0.2) is 0 Å². The normalized spacial score (nSPS) is 15.7. The van der Waals surface area contributed by atoms with E-state index < -0.39 is 0 Å². The van der Waals surface area contributed by atoms with E-state index in [4.69, 9.17) is 22.1 Å². The summed E-state index contributed by atoms with van der Waals surface area (Å²) in [6.45, 7) is 7.95. The molecule has 2 heterocycles. The van der Waals surface area contributed by atoms with E-state index in [1.807, 2.05) is 12.1 Å². The van der Waals surface area contributed by atoms with Gasteiger partial charge in [0.05, 0.1) is 18.5 Å². The molecule has 1 aromatic heterocycles. The SMILES string of the molecule is C=C/C(=C\c1c(N)ccc(=O)n1CCN1CCC(NCc2ccc(Cl)cc2)CC1)OC. The molecule has 0 atom stereocenters. The van der Waals surface area contributed by atoms with Crippen LogP contribution in [0.3, 0.4) is 0 Å². The van der Waals surface area contributed by atoms with E-state index in [9.17, 15) is 4.79 Å². The van der Waals surface area contributed by atoms with Crippen LogP contribution in [0, 0.1) is 0 Å². The number of hydrogen-bond donors (Lipinski definition) is 2. The average Bonchev–Trinajstić information content (AvgIpc) is 2.79. The van der Waals surface area contributed by atoms with E-state index in [0.29, 0.717) is 29.7 Å². The Hall–Kier alpha value is -2.54. The van der Waals surface area contributed by atoms with Crippen LogP contribution < -0.4 is 16.6 Å². The molecule has 0 spiro atoms. The van der Waals surface area contributed by atoms with Gasteiger partial charge in [-0.3, -0.25) is 4.79 Å². The molecule has 7 heteroatoms. The molecule has 1 fully saturated rings. The summed E-state index contributed by atoms with van der Waals surface area (Å²) >= 11 is 5.95. The molecule has 0 amide bonds. The molecule has 1 aromatic carbocycles. The fourth-order valence-corrected chi connectivity index (χ4v) is 3.93. The number of ether oxygens (including phenoxy) is 1. The Balaban J connectivity index is 1.54. The molecular formula is C24H31ClN4O2. The van der Waals surface area contributed by atoms with Crippen molar-refractivity contribution in [3.05, 3.63) is 81.4 Å². The number of nitrogen functional groups attached to an aromatic ring is 1. The van der Waals surface area contributed by atoms with E-state index in [-0.39, 0.29) is 5.56 Å². The number of aromatic nitrogens is 1. The molecule has 1 aliphatic heterocycles. The Morgan fingerprint density at radius 3 is 2.58 bits per heavy atom. The molecule has 1 aliphatic rings. The summed E-state index contributed by atoms with van der Waals surface area (Å²) in [4.78, 5) is 14.9. The number of nitrogens with one attached hydrogen (secondary N) is 1. The van der Waals surface area contributed by atoms with Crippen molar-refractivity contribution in [2.75, 3.05) is 32.5 Å². The third-order valence-corrected chi connectivity index (χ3v) is 5.96. The van der Waals surface area contributed by atoms with Crippen LogP contribution in [0.2, 0.25) is 5.02 Å². The van der Waals surface area contributed by atoms with E-state index in [0.717, 1.165) is 44.0 Å². The fourth-order valence-electron chi connectivity index (χ4n) is 3.81. The third-order valence-electron chi connectivity index (χ3n) is 5.71. The summed E-state index contributed by atoms with van der Waals surface area (Å²) in [7, 11) is 1.57. The van der Waals surface area contributed by atoms with Crippen LogP contribution in [-0.4, -0.2) is 42.3 Å². The molecule has 0 saturated carbocycles. The van der Waals surface area contributed by atoms with Crippen LogP contribution in [0.5, 0.6) is 0 Å². The van der Waals surface area contributed by atoms with Gasteiger partial charge in [0.25, 0.3) is 5.56 Å². The molecule has 2 aromatic rings. The van der Waals surface area contributed by atoms with Crippen molar-refractivity contribution in [2.45, 2.75) is 32.0 Å². The average molecular weight is 443 g/mol. The number of halogens is 1. The lowest BCUT2D eigenvalue weighted by atomic mass is 10.0. The van der Waals surface area contributed by atoms with Gasteiger partial charge in [0.1, 0.15) is 5.76 Å². The number of benzene rings is 1. The maximum Gasteiger partial charge on any atom is 0.251 e. The van der Waals surface area contributed by atoms with Crippen molar-refractivity contribution >= 4 is 23.4 Å². The number of anilines is 1. The highest BCUT2D eigenvalue weighted by Crippen LogP contribution is 2.16. The predicted molar refractivity (Wildman–Crippen MR) is 128 cm³/mol. The Labute approximate surface area is 189 Å². The molecule has 0 unspecified atom stereocenters. The lowest BCUT2D eigenvalue weighted by molar-refractivity contribution is 0.190. The van der Waals surface area contributed by atoms with Gasteiger partial charge < -0.3 is 25.3 Å². The second-order valence-electron chi connectivity index (χ2n) is 7.74. The van der Waals surface area contributed by atoms with E-state index >= 15 is 0 Å². The second kappa shape index (κ2) is 11.2. The van der Waals surface area contributed by atoms with E-state index in [1.54, 1.807) is 29.9 Å². The molecule has 0 bridgehead atoms. The number of hydrogen-bond acceptors (Lipinski definition) is 5. The summed E-state index contributed by atoms with van der Waals surface area (Å²) < 4.78 is 6.98. The number of rotatable bonds is 9. The minimum Gasteiger partial charge on any atom is -0.497 e. The van der Waals surface area contributed by atoms with E-state index in [1.165, 1.54) is 11.6 Å². The summed E-state index contributed by atoms with van der Waals surface area (Å²) in [5.74, 6) is 0.568. The Morgan fingerprint density at radius 1 is 1.23 bits per heavy atom. The second-order valence-corrected chi connectivity index (χ2v) is 8.18. The lowest BCUT2D eigenvalue weighted by Gasteiger charge is -2.32. The number of allylic oxidation sites excluding steroid dienone is 1. The quantitative estimate of drug-likeness (QED) is 0.459. The number of nitrogens with zero attached hydrogens (tertiary/aromatic N) is 2. The van der Waals surface area contributed by atoms with Crippen LogP contribution in [0.1, 0.15) is 24.1 Å². The van der Waals surface area contributed by atoms with Gasteiger partial charge in [-0.1, -0.05) is 30.3 Å². The van der Waals surface area contributed by atoms with Crippen molar-refractivity contribution in [1.29, 1.82) is 0 Å². The number of piperidine rings is 1. The first-order valence-corrected chi connectivity index (χ1v) is 11.0. The van der Waals surface area contributed by atoms with Gasteiger partial charge in [-0.05, 0) is 55.8 Å². The van der Waals surface area contributed by atoms with Gasteiger partial charge in [0.15, 0.2) is 0 Å². The highest BCUT2D eigenvalue weighted by atomic mass is 35.5. The summed E-state index contributed by atoms with van der Waals surface area (Å²) in [5, 5.41) is 4.40. The number of pyridine rings is 1. The van der Waals surface area contributed by atoms with Crippen LogP contribution >= 0.6 is 11.6 Å². The smallest absolute Gasteiger partial charge is 0.251 e. The molecule has 6 nitrogen and oxygen atoms in total. The highest BCUT2D eigenvalue weighted by molar-refractivity contribution is 6.30. The molecule has 1 saturated heterocycles. The largest absolute Gasteiger partial charge is 0.497 e. The number of likely N-dealkylation sites (tertiary alicyclic amines) is 1. The van der Waals surface area contributed by atoms with Crippen LogP contribution in [-0.2, 0) is 17.8 Å². The maximum atomic E-state index is 12.5. The molecule has 0 radical (unpaired) electrons. The summed E-state index contributed by atoms with van der Waals surface area (Å²) in [6, 6.07) is 11.6. The van der Waals surface area contributed by atoms with Crippen LogP contribution in [0.4, 0.5) is 5.69 Å². The van der Waals surface area contributed by atoms with Gasteiger partial charge in [0, 0.05) is 42.8 Å². The first-order chi connectivity index (χ1) is 15.0. The highest BCUT2D eigenvalue weighted by Gasteiger charge is 2.19. The molecule has 3 N–H and O–H groups in total. The van der Waals surface area contributed by atoms with Gasteiger partial charge in [-0.15, -0.1) is 0 Å². The summed E-state index contributed by atoms with van der Waals surface area (Å²) in [5.41, 5.74) is 8.51. The molecule has 0 aliphatic carbocycles. The molecular weight excluding hydrogens is 412 g/mol. The van der Waals surface area contributed by atoms with Crippen molar-refractivity contribution < 1.29 is 4.74 Å². The van der Waals surface area contributed by atoms with E-state index in [2.05, 4.69) is 28.9 Å². The number of methoxy groups -OCH3 is 1. The number of nitrogens with two attached hydrogens (primary N) is 1. The minimum absolute atomic E-state index is 0.0699. The van der Waals surface area contributed by atoms with Crippen molar-refractivity contribution in [3.8, 4) is 0 Å². The predicted octanol–water partition coefficient (Wildman–Crippen LogP) is 3.51. The topological polar surface area (TPSA) is 72.5 Å². The third kappa shape index (κ3) is 6.47. The zero-order valence-corrected chi connectivity index (χ0v) is 18.8. The zero-order chi connectivity index (χ0) is 22.2. The Bertz CT molecular complexity index is 961. The van der Waals surface area contributed by atoms with Crippen LogP contribution in [0.25, 0.3) is 6.08 Å². The molecule has 166 valence electrons. The van der Waals surface area contributed by atoms with Crippen molar-refractivity contribution in [2.24, 2.45) is 0 Å². The van der Waals surface area contributed by atoms with Gasteiger partial charge >= 0.3 is 0 Å². The van der Waals surface area contributed by atoms with Gasteiger partial charge in [0.2, 0.25) is 0 Å². The first-order valence-electron chi connectivity index (χ1n) is 10.6. The van der Waals surface area contributed by atoms with Crippen LogP contribution in [0.15, 0.2) is 59.6 Å². The summed E-state index contributed by atoms with van der Waals surface area (Å²) in [6.07, 6.45) is 5.52. The first kappa shape index (κ1) is 23.1.